The normalized spacial score (nSPS) is 15.9. The van der Waals surface area contributed by atoms with E-state index in [0.717, 1.165) is 43.0 Å². The van der Waals surface area contributed by atoms with E-state index in [1.165, 1.54) is 16.4 Å². The van der Waals surface area contributed by atoms with Crippen LogP contribution in [0.15, 0.2) is 53.4 Å². The first-order valence-electron chi connectivity index (χ1n) is 10.7. The van der Waals surface area contributed by atoms with Crippen LogP contribution in [-0.2, 0) is 21.4 Å². The monoisotopic (exact) mass is 447 g/mol. The molecule has 0 spiro atoms. The number of nitrogens with one attached hydrogen (secondary N) is 1. The Morgan fingerprint density at radius 2 is 1.74 bits per heavy atom. The van der Waals surface area contributed by atoms with Gasteiger partial charge in [0.1, 0.15) is 5.82 Å². The lowest BCUT2D eigenvalue weighted by Crippen LogP contribution is -2.41. The van der Waals surface area contributed by atoms with Crippen LogP contribution in [0.5, 0.6) is 0 Å². The Bertz CT molecular complexity index is 983. The molecule has 1 saturated heterocycles. The smallest absolute Gasteiger partial charge is 0.243 e. The summed E-state index contributed by atoms with van der Waals surface area (Å²) >= 11 is 0. The van der Waals surface area contributed by atoms with Crippen LogP contribution in [0.25, 0.3) is 0 Å². The molecule has 1 N–H and O–H groups in total. The van der Waals surface area contributed by atoms with Crippen molar-refractivity contribution in [3.8, 4) is 0 Å². The topological polar surface area (TPSA) is 69.7 Å². The van der Waals surface area contributed by atoms with Gasteiger partial charge in [-0.15, -0.1) is 0 Å². The zero-order chi connectivity index (χ0) is 22.4. The van der Waals surface area contributed by atoms with E-state index >= 15 is 0 Å². The predicted octanol–water partition coefficient (Wildman–Crippen LogP) is 3.71. The molecule has 0 aromatic heterocycles. The van der Waals surface area contributed by atoms with Crippen molar-refractivity contribution in [1.29, 1.82) is 0 Å². The molecule has 168 valence electrons. The van der Waals surface area contributed by atoms with Gasteiger partial charge in [0.25, 0.3) is 0 Å². The number of hydrogen-bond acceptors (Lipinski definition) is 4. The number of benzene rings is 2. The van der Waals surface area contributed by atoms with Crippen LogP contribution < -0.4 is 5.32 Å². The number of amides is 1. The fourth-order valence-corrected chi connectivity index (χ4v) is 5.28. The second kappa shape index (κ2) is 10.3. The van der Waals surface area contributed by atoms with Crippen LogP contribution in [-0.4, -0.2) is 49.7 Å². The fourth-order valence-electron chi connectivity index (χ4n) is 3.81. The SMILES string of the molecule is CCN(CC)Cc1cccc(NC(=O)C2CCN(S(=O)(=O)c3ccc(F)cc3)CC2)c1. The lowest BCUT2D eigenvalue weighted by atomic mass is 9.97. The number of piperidine rings is 1. The van der Waals surface area contributed by atoms with E-state index in [4.69, 9.17) is 0 Å². The van der Waals surface area contributed by atoms with Crippen molar-refractivity contribution < 1.29 is 17.6 Å². The Labute approximate surface area is 184 Å². The summed E-state index contributed by atoms with van der Waals surface area (Å²) in [5.74, 6) is -0.805. The minimum Gasteiger partial charge on any atom is -0.326 e. The second-order valence-corrected chi connectivity index (χ2v) is 9.72. The minimum absolute atomic E-state index is 0.0711. The summed E-state index contributed by atoms with van der Waals surface area (Å²) in [6, 6.07) is 12.7. The van der Waals surface area contributed by atoms with Gasteiger partial charge < -0.3 is 5.32 Å². The van der Waals surface area contributed by atoms with Gasteiger partial charge >= 0.3 is 0 Å². The third-order valence-corrected chi connectivity index (χ3v) is 7.68. The third kappa shape index (κ3) is 5.90. The zero-order valence-electron chi connectivity index (χ0n) is 18.1. The maximum Gasteiger partial charge on any atom is 0.243 e. The number of sulfonamides is 1. The number of halogens is 1. The van der Waals surface area contributed by atoms with Crippen molar-refractivity contribution in [1.82, 2.24) is 9.21 Å². The highest BCUT2D eigenvalue weighted by Gasteiger charge is 2.32. The molecule has 0 radical (unpaired) electrons. The molecule has 0 unspecified atom stereocenters. The molecule has 0 aliphatic carbocycles. The summed E-state index contributed by atoms with van der Waals surface area (Å²) in [6.07, 6.45) is 0.900. The quantitative estimate of drug-likeness (QED) is 0.670. The molecule has 0 bridgehead atoms. The van der Waals surface area contributed by atoms with E-state index in [1.807, 2.05) is 24.3 Å². The number of anilines is 1. The fraction of sp³-hybridized carbons (Fsp3) is 0.435. The van der Waals surface area contributed by atoms with Gasteiger partial charge in [-0.1, -0.05) is 26.0 Å². The van der Waals surface area contributed by atoms with E-state index in [2.05, 4.69) is 24.1 Å². The Kier molecular flexibility index (Phi) is 7.80. The van der Waals surface area contributed by atoms with Gasteiger partial charge in [-0.25, -0.2) is 12.8 Å². The molecule has 6 nitrogen and oxygen atoms in total. The molecule has 2 aromatic rings. The first-order chi connectivity index (χ1) is 14.8. The molecule has 8 heteroatoms. The molecule has 1 aliphatic rings. The standard InChI is InChI=1S/C23H30FN3O3S/c1-3-26(4-2)17-18-6-5-7-21(16-18)25-23(28)19-12-14-27(15-13-19)31(29,30)22-10-8-20(24)9-11-22/h5-11,16,19H,3-4,12-15,17H2,1-2H3,(H,25,28). The highest BCUT2D eigenvalue weighted by Crippen LogP contribution is 2.25. The van der Waals surface area contributed by atoms with E-state index in [0.29, 0.717) is 12.8 Å². The minimum atomic E-state index is -3.68. The number of carbonyl (C=O) groups is 1. The third-order valence-electron chi connectivity index (χ3n) is 5.77. The van der Waals surface area contributed by atoms with Gasteiger partial charge in [0.2, 0.25) is 15.9 Å². The van der Waals surface area contributed by atoms with Crippen molar-refractivity contribution in [2.45, 2.75) is 38.1 Å². The average Bonchev–Trinajstić information content (AvgIpc) is 2.78. The van der Waals surface area contributed by atoms with Crippen molar-refractivity contribution in [2.24, 2.45) is 5.92 Å². The summed E-state index contributed by atoms with van der Waals surface area (Å²) in [4.78, 5) is 15.1. The second-order valence-electron chi connectivity index (χ2n) is 7.78. The van der Waals surface area contributed by atoms with Gasteiger partial charge in [-0.2, -0.15) is 4.31 Å². The highest BCUT2D eigenvalue weighted by molar-refractivity contribution is 7.89. The Morgan fingerprint density at radius 1 is 1.10 bits per heavy atom. The molecule has 1 amide bonds. The van der Waals surface area contributed by atoms with Gasteiger partial charge in [0.05, 0.1) is 4.90 Å². The van der Waals surface area contributed by atoms with Crippen LogP contribution in [0.1, 0.15) is 32.3 Å². The van der Waals surface area contributed by atoms with Crippen LogP contribution in [0, 0.1) is 11.7 Å². The first kappa shape index (κ1) is 23.4. The van der Waals surface area contributed by atoms with Crippen LogP contribution in [0.4, 0.5) is 10.1 Å². The Morgan fingerprint density at radius 3 is 2.35 bits per heavy atom. The number of carbonyl (C=O) groups excluding carboxylic acids is 1. The van der Waals surface area contributed by atoms with Crippen molar-refractivity contribution >= 4 is 21.6 Å². The van der Waals surface area contributed by atoms with E-state index in [-0.39, 0.29) is 29.8 Å². The predicted molar refractivity (Wildman–Crippen MR) is 120 cm³/mol. The van der Waals surface area contributed by atoms with Gasteiger partial charge in [0, 0.05) is 31.2 Å². The number of nitrogens with zero attached hydrogens (tertiary/aromatic N) is 2. The maximum atomic E-state index is 13.1. The van der Waals surface area contributed by atoms with Gasteiger partial charge in [0.15, 0.2) is 0 Å². The summed E-state index contributed by atoms with van der Waals surface area (Å²) in [7, 11) is -3.68. The van der Waals surface area contributed by atoms with E-state index < -0.39 is 15.8 Å². The molecular formula is C23H30FN3O3S. The first-order valence-corrected chi connectivity index (χ1v) is 12.2. The van der Waals surface area contributed by atoms with Gasteiger partial charge in [-0.05, 0) is 67.9 Å². The lowest BCUT2D eigenvalue weighted by Gasteiger charge is -2.30. The van der Waals surface area contributed by atoms with Crippen molar-refractivity contribution in [3.05, 3.63) is 59.9 Å². The van der Waals surface area contributed by atoms with Crippen molar-refractivity contribution in [2.75, 3.05) is 31.5 Å². The number of rotatable bonds is 8. The summed E-state index contributed by atoms with van der Waals surface area (Å²) in [5.41, 5.74) is 1.90. The largest absolute Gasteiger partial charge is 0.326 e. The molecular weight excluding hydrogens is 417 g/mol. The highest BCUT2D eigenvalue weighted by atomic mass is 32.2. The van der Waals surface area contributed by atoms with E-state index in [1.54, 1.807) is 0 Å². The lowest BCUT2D eigenvalue weighted by molar-refractivity contribution is -0.120. The van der Waals surface area contributed by atoms with Gasteiger partial charge in [-0.3, -0.25) is 9.69 Å². The molecule has 3 rings (SSSR count). The molecule has 2 aromatic carbocycles. The Balaban J connectivity index is 1.57. The van der Waals surface area contributed by atoms with Crippen LogP contribution >= 0.6 is 0 Å². The average molecular weight is 448 g/mol. The maximum absolute atomic E-state index is 13.1. The van der Waals surface area contributed by atoms with Crippen LogP contribution in [0.3, 0.4) is 0 Å². The molecule has 0 saturated carbocycles. The van der Waals surface area contributed by atoms with E-state index in [9.17, 15) is 17.6 Å². The number of hydrogen-bond donors (Lipinski definition) is 1. The summed E-state index contributed by atoms with van der Waals surface area (Å²) in [5, 5.41) is 2.99. The molecule has 1 fully saturated rings. The summed E-state index contributed by atoms with van der Waals surface area (Å²) < 4.78 is 40.0. The molecule has 31 heavy (non-hydrogen) atoms. The zero-order valence-corrected chi connectivity index (χ0v) is 18.9. The molecule has 0 atom stereocenters. The molecule has 1 aliphatic heterocycles. The van der Waals surface area contributed by atoms with Crippen LogP contribution in [0.2, 0.25) is 0 Å². The Hall–Kier alpha value is -2.29. The molecule has 1 heterocycles. The summed E-state index contributed by atoms with van der Waals surface area (Å²) in [6.45, 7) is 7.53. The van der Waals surface area contributed by atoms with Crippen molar-refractivity contribution in [3.63, 3.8) is 0 Å².